The van der Waals surface area contributed by atoms with Crippen LogP contribution >= 0.6 is 0 Å². The highest BCUT2D eigenvalue weighted by Crippen LogP contribution is 2.37. The smallest absolute Gasteiger partial charge is 0.416 e. The van der Waals surface area contributed by atoms with E-state index in [-0.39, 0.29) is 13.0 Å². The molecule has 0 amide bonds. The molecule has 0 saturated heterocycles. The second-order valence-electron chi connectivity index (χ2n) is 8.18. The maximum atomic E-state index is 13.5. The van der Waals surface area contributed by atoms with Crippen molar-refractivity contribution in [1.82, 2.24) is 5.32 Å². The number of benzene rings is 3. The first-order chi connectivity index (χ1) is 16.6. The normalized spacial score (nSPS) is 13.2. The Morgan fingerprint density at radius 1 is 1.00 bits per heavy atom. The second-order valence-corrected chi connectivity index (χ2v) is 8.18. The third kappa shape index (κ3) is 6.61. The van der Waals surface area contributed by atoms with E-state index in [9.17, 15) is 23.1 Å². The first-order valence-electron chi connectivity index (χ1n) is 11.0. The number of hydrogen-bond donors (Lipinski definition) is 2. The van der Waals surface area contributed by atoms with Gasteiger partial charge in [-0.15, -0.1) is 0 Å². The summed E-state index contributed by atoms with van der Waals surface area (Å²) in [6.45, 7) is 1.83. The van der Waals surface area contributed by atoms with E-state index in [0.717, 1.165) is 12.1 Å². The number of halogens is 3. The van der Waals surface area contributed by atoms with Crippen molar-refractivity contribution < 1.29 is 32.5 Å². The number of methoxy groups -OCH3 is 2. The minimum atomic E-state index is -4.51. The summed E-state index contributed by atoms with van der Waals surface area (Å²) in [6.07, 6.45) is -5.34. The van der Waals surface area contributed by atoms with Crippen LogP contribution in [0, 0.1) is 0 Å². The molecule has 186 valence electrons. The Hall–Kier alpha value is -3.36. The molecule has 0 aliphatic rings. The van der Waals surface area contributed by atoms with Crippen molar-refractivity contribution in [3.8, 4) is 16.9 Å². The quantitative estimate of drug-likeness (QED) is 0.401. The van der Waals surface area contributed by atoms with Crippen LogP contribution in [0.25, 0.3) is 11.1 Å². The molecule has 0 spiro atoms. The van der Waals surface area contributed by atoms with Crippen LogP contribution in [-0.2, 0) is 28.7 Å². The van der Waals surface area contributed by atoms with E-state index < -0.39 is 29.9 Å². The molecule has 0 aromatic heterocycles. The molecular weight excluding hydrogens is 459 g/mol. The molecule has 0 saturated carbocycles. The van der Waals surface area contributed by atoms with Gasteiger partial charge in [0.15, 0.2) is 0 Å². The fourth-order valence-electron chi connectivity index (χ4n) is 3.81. The average Bonchev–Trinajstić information content (AvgIpc) is 2.86. The summed E-state index contributed by atoms with van der Waals surface area (Å²) in [4.78, 5) is 11.8. The number of aliphatic hydroxyl groups is 1. The Labute approximate surface area is 202 Å². The number of esters is 1. The van der Waals surface area contributed by atoms with Crippen LogP contribution < -0.4 is 10.1 Å². The van der Waals surface area contributed by atoms with Crippen LogP contribution in [0.2, 0.25) is 0 Å². The standard InChI is InChI=1S/C27H28F3NO4/c1-17(26(33)19-7-5-4-6-8-19)31-16-20-15-21(27(28,29)30)10-11-22(20)23-13-18(14-25(32)35-3)9-12-24(23)34-2/h4-13,15,17,26,31,33H,14,16H2,1-3H3/t17-,26+/m0/s1. The Balaban J connectivity index is 1.98. The molecular formula is C27H28F3NO4. The first-order valence-corrected chi connectivity index (χ1v) is 11.0. The zero-order valence-electron chi connectivity index (χ0n) is 19.7. The van der Waals surface area contributed by atoms with Gasteiger partial charge in [0.25, 0.3) is 0 Å². The molecule has 3 aromatic carbocycles. The molecule has 5 nitrogen and oxygen atoms in total. The van der Waals surface area contributed by atoms with Crippen LogP contribution in [-0.4, -0.2) is 31.3 Å². The molecule has 0 bridgehead atoms. The number of hydrogen-bond acceptors (Lipinski definition) is 5. The van der Waals surface area contributed by atoms with Crippen molar-refractivity contribution in [3.63, 3.8) is 0 Å². The van der Waals surface area contributed by atoms with E-state index in [1.54, 1.807) is 37.3 Å². The monoisotopic (exact) mass is 487 g/mol. The third-order valence-electron chi connectivity index (χ3n) is 5.79. The Kier molecular flexibility index (Phi) is 8.53. The predicted molar refractivity (Wildman–Crippen MR) is 127 cm³/mol. The fourth-order valence-corrected chi connectivity index (χ4v) is 3.81. The molecule has 0 radical (unpaired) electrons. The number of aliphatic hydroxyl groups excluding tert-OH is 1. The van der Waals surface area contributed by atoms with Gasteiger partial charge in [0, 0.05) is 18.2 Å². The number of ether oxygens (including phenoxy) is 2. The summed E-state index contributed by atoms with van der Waals surface area (Å²) in [5.41, 5.74) is 2.01. The lowest BCUT2D eigenvalue weighted by Gasteiger charge is -2.22. The van der Waals surface area contributed by atoms with Gasteiger partial charge in [0.2, 0.25) is 0 Å². The van der Waals surface area contributed by atoms with Crippen molar-refractivity contribution in [1.29, 1.82) is 0 Å². The fraction of sp³-hybridized carbons (Fsp3) is 0.296. The first kappa shape index (κ1) is 26.2. The van der Waals surface area contributed by atoms with Gasteiger partial charge >= 0.3 is 12.1 Å². The van der Waals surface area contributed by atoms with E-state index in [4.69, 9.17) is 9.47 Å². The van der Waals surface area contributed by atoms with Crippen LogP contribution in [0.15, 0.2) is 66.7 Å². The SMILES string of the molecule is COC(=O)Cc1ccc(OC)c(-c2ccc(C(F)(F)F)cc2CN[C@@H](C)[C@@H](O)c2ccccc2)c1. The number of nitrogens with one attached hydrogen (secondary N) is 1. The minimum Gasteiger partial charge on any atom is -0.496 e. The van der Waals surface area contributed by atoms with E-state index in [1.807, 2.05) is 18.2 Å². The van der Waals surface area contributed by atoms with Crippen molar-refractivity contribution in [3.05, 3.63) is 89.0 Å². The molecule has 2 N–H and O–H groups in total. The number of carbonyl (C=O) groups is 1. The average molecular weight is 488 g/mol. The third-order valence-corrected chi connectivity index (χ3v) is 5.79. The van der Waals surface area contributed by atoms with E-state index in [0.29, 0.717) is 33.6 Å². The van der Waals surface area contributed by atoms with Gasteiger partial charge in [0.1, 0.15) is 5.75 Å². The molecule has 8 heteroatoms. The van der Waals surface area contributed by atoms with Crippen LogP contribution in [0.4, 0.5) is 13.2 Å². The van der Waals surface area contributed by atoms with Gasteiger partial charge in [-0.05, 0) is 53.4 Å². The molecule has 0 heterocycles. The molecule has 0 fully saturated rings. The van der Waals surface area contributed by atoms with E-state index in [1.165, 1.54) is 20.3 Å². The van der Waals surface area contributed by atoms with E-state index in [2.05, 4.69) is 5.32 Å². The van der Waals surface area contributed by atoms with Gasteiger partial charge < -0.3 is 19.9 Å². The maximum absolute atomic E-state index is 13.5. The van der Waals surface area contributed by atoms with Crippen molar-refractivity contribution in [2.24, 2.45) is 0 Å². The minimum absolute atomic E-state index is 0.0159. The summed E-state index contributed by atoms with van der Waals surface area (Å²) in [6, 6.07) is 17.2. The van der Waals surface area contributed by atoms with Crippen LogP contribution in [0.5, 0.6) is 5.75 Å². The van der Waals surface area contributed by atoms with Gasteiger partial charge in [-0.2, -0.15) is 13.2 Å². The Bertz CT molecular complexity index is 1150. The van der Waals surface area contributed by atoms with Gasteiger partial charge in [0.05, 0.1) is 32.3 Å². The second kappa shape index (κ2) is 11.4. The lowest BCUT2D eigenvalue weighted by Crippen LogP contribution is -2.32. The van der Waals surface area contributed by atoms with Gasteiger partial charge in [-0.25, -0.2) is 0 Å². The maximum Gasteiger partial charge on any atom is 0.416 e. The molecule has 35 heavy (non-hydrogen) atoms. The largest absolute Gasteiger partial charge is 0.496 e. The zero-order chi connectivity index (χ0) is 25.6. The number of rotatable bonds is 9. The van der Waals surface area contributed by atoms with Crippen LogP contribution in [0.1, 0.15) is 35.3 Å². The Morgan fingerprint density at radius 3 is 2.34 bits per heavy atom. The summed E-state index contributed by atoms with van der Waals surface area (Å²) in [5, 5.41) is 13.8. The number of carbonyl (C=O) groups excluding carboxylic acids is 1. The van der Waals surface area contributed by atoms with Crippen molar-refractivity contribution in [2.75, 3.05) is 14.2 Å². The molecule has 3 rings (SSSR count). The summed E-state index contributed by atoms with van der Waals surface area (Å²) < 4.78 is 50.7. The number of alkyl halides is 3. The highest BCUT2D eigenvalue weighted by molar-refractivity contribution is 5.77. The molecule has 3 aromatic rings. The highest BCUT2D eigenvalue weighted by atomic mass is 19.4. The van der Waals surface area contributed by atoms with Crippen molar-refractivity contribution >= 4 is 5.97 Å². The lowest BCUT2D eigenvalue weighted by molar-refractivity contribution is -0.140. The molecule has 0 aliphatic heterocycles. The predicted octanol–water partition coefficient (Wildman–Crippen LogP) is 5.31. The Morgan fingerprint density at radius 2 is 1.71 bits per heavy atom. The topological polar surface area (TPSA) is 67.8 Å². The van der Waals surface area contributed by atoms with Crippen LogP contribution in [0.3, 0.4) is 0 Å². The highest BCUT2D eigenvalue weighted by Gasteiger charge is 2.31. The summed E-state index contributed by atoms with van der Waals surface area (Å²) >= 11 is 0. The van der Waals surface area contributed by atoms with Gasteiger partial charge in [-0.3, -0.25) is 4.79 Å². The zero-order valence-corrected chi connectivity index (χ0v) is 19.7. The lowest BCUT2D eigenvalue weighted by atomic mass is 9.94. The van der Waals surface area contributed by atoms with Crippen molar-refractivity contribution in [2.45, 2.75) is 38.2 Å². The summed E-state index contributed by atoms with van der Waals surface area (Å²) in [7, 11) is 2.76. The molecule has 0 aliphatic carbocycles. The van der Waals surface area contributed by atoms with Gasteiger partial charge in [-0.1, -0.05) is 42.5 Å². The molecule has 0 unspecified atom stereocenters. The van der Waals surface area contributed by atoms with E-state index >= 15 is 0 Å². The molecule has 2 atom stereocenters. The summed E-state index contributed by atoms with van der Waals surface area (Å²) in [5.74, 6) is 0.0242.